The van der Waals surface area contributed by atoms with Crippen LogP contribution >= 0.6 is 0 Å². The predicted molar refractivity (Wildman–Crippen MR) is 111 cm³/mol. The quantitative estimate of drug-likeness (QED) is 0.481. The first kappa shape index (κ1) is 21.5. The fourth-order valence-corrected chi connectivity index (χ4v) is 3.59. The van der Waals surface area contributed by atoms with Crippen molar-refractivity contribution in [3.05, 3.63) is 58.1 Å². The number of amides is 1. The molecule has 2 N–H and O–H groups in total. The third-order valence-corrected chi connectivity index (χ3v) is 5.32. The van der Waals surface area contributed by atoms with Crippen LogP contribution in [0.4, 0.5) is 0 Å². The van der Waals surface area contributed by atoms with Crippen molar-refractivity contribution in [3.8, 4) is 11.5 Å². The molecule has 7 nitrogen and oxygen atoms in total. The zero-order valence-electron chi connectivity index (χ0n) is 17.5. The molecule has 1 aromatic heterocycles. The number of hydrogen-bond donors (Lipinski definition) is 2. The number of phenols is 1. The Bertz CT molecular complexity index is 959. The van der Waals surface area contributed by atoms with Crippen LogP contribution in [0.1, 0.15) is 52.6 Å². The Morgan fingerprint density at radius 3 is 2.87 bits per heavy atom. The smallest absolute Gasteiger partial charge is 0.342 e. The molecule has 30 heavy (non-hydrogen) atoms. The lowest BCUT2D eigenvalue weighted by Crippen LogP contribution is -2.25. The number of phenolic OH excluding ortho intramolecular Hbond substituents is 1. The zero-order valence-corrected chi connectivity index (χ0v) is 17.5. The summed E-state index contributed by atoms with van der Waals surface area (Å²) in [6.45, 7) is 4.47. The number of benzene rings is 1. The van der Waals surface area contributed by atoms with Crippen LogP contribution < -0.4 is 10.1 Å². The van der Waals surface area contributed by atoms with E-state index in [1.54, 1.807) is 13.4 Å². The van der Waals surface area contributed by atoms with Crippen LogP contribution in [0.25, 0.3) is 0 Å². The van der Waals surface area contributed by atoms with E-state index in [4.69, 9.17) is 13.9 Å². The van der Waals surface area contributed by atoms with Crippen LogP contribution in [0.3, 0.4) is 0 Å². The Labute approximate surface area is 175 Å². The van der Waals surface area contributed by atoms with Gasteiger partial charge < -0.3 is 24.3 Å². The van der Waals surface area contributed by atoms with Gasteiger partial charge in [-0.2, -0.15) is 0 Å². The highest BCUT2D eigenvalue weighted by molar-refractivity contribution is 5.98. The number of esters is 1. The van der Waals surface area contributed by atoms with E-state index in [0.717, 1.165) is 16.9 Å². The number of carbonyl (C=O) groups excluding carboxylic acids is 2. The molecule has 3 rings (SSSR count). The molecule has 0 spiro atoms. The van der Waals surface area contributed by atoms with Crippen molar-refractivity contribution >= 4 is 11.9 Å². The molecule has 1 aliphatic rings. The van der Waals surface area contributed by atoms with E-state index >= 15 is 0 Å². The molecule has 1 aromatic carbocycles. The van der Waals surface area contributed by atoms with E-state index in [1.807, 2.05) is 32.1 Å². The van der Waals surface area contributed by atoms with Gasteiger partial charge in [0.15, 0.2) is 0 Å². The molecule has 0 saturated carbocycles. The molecule has 0 unspecified atom stereocenters. The minimum Gasteiger partial charge on any atom is -0.507 e. The van der Waals surface area contributed by atoms with Crippen LogP contribution in [-0.2, 0) is 29.0 Å². The monoisotopic (exact) mass is 413 g/mol. The number of nitrogens with one attached hydrogen (secondary N) is 1. The van der Waals surface area contributed by atoms with E-state index in [0.29, 0.717) is 49.1 Å². The minimum absolute atomic E-state index is 0.0224. The summed E-state index contributed by atoms with van der Waals surface area (Å²) in [5, 5.41) is 13.5. The second-order valence-electron chi connectivity index (χ2n) is 7.35. The lowest BCUT2D eigenvalue weighted by molar-refractivity contribution is -0.121. The van der Waals surface area contributed by atoms with E-state index in [2.05, 4.69) is 5.32 Å². The second-order valence-corrected chi connectivity index (χ2v) is 7.35. The Morgan fingerprint density at radius 2 is 2.17 bits per heavy atom. The number of methoxy groups -OCH3 is 1. The molecule has 0 radical (unpaired) electrons. The van der Waals surface area contributed by atoms with Crippen LogP contribution in [0, 0.1) is 6.92 Å². The normalized spacial score (nSPS) is 13.2. The molecular formula is C23H27NO6. The van der Waals surface area contributed by atoms with Crippen LogP contribution in [-0.4, -0.2) is 30.6 Å². The van der Waals surface area contributed by atoms with Crippen LogP contribution in [0.2, 0.25) is 0 Å². The van der Waals surface area contributed by atoms with Crippen molar-refractivity contribution < 1.29 is 28.6 Å². The molecule has 2 aromatic rings. The maximum atomic E-state index is 12.0. The molecule has 0 saturated heterocycles. The number of ether oxygens (including phenoxy) is 2. The Morgan fingerprint density at radius 1 is 1.37 bits per heavy atom. The summed E-state index contributed by atoms with van der Waals surface area (Å²) in [7, 11) is 1.54. The lowest BCUT2D eigenvalue weighted by atomic mass is 9.94. The first-order chi connectivity index (χ1) is 14.4. The van der Waals surface area contributed by atoms with Gasteiger partial charge in [0.25, 0.3) is 0 Å². The number of hydrogen-bond acceptors (Lipinski definition) is 6. The number of furan rings is 1. The maximum Gasteiger partial charge on any atom is 0.342 e. The van der Waals surface area contributed by atoms with Gasteiger partial charge in [-0.1, -0.05) is 11.6 Å². The predicted octanol–water partition coefficient (Wildman–Crippen LogP) is 3.60. The molecule has 160 valence electrons. The summed E-state index contributed by atoms with van der Waals surface area (Å²) in [4.78, 5) is 24.0. The summed E-state index contributed by atoms with van der Waals surface area (Å²) in [6.07, 6.45) is 5.58. The molecule has 0 fully saturated rings. The van der Waals surface area contributed by atoms with Gasteiger partial charge in [0.1, 0.15) is 29.4 Å². The van der Waals surface area contributed by atoms with E-state index < -0.39 is 5.97 Å². The van der Waals surface area contributed by atoms with Crippen molar-refractivity contribution in [2.45, 2.75) is 46.1 Å². The molecule has 1 aliphatic heterocycles. The SMILES string of the molecule is COc1c(C)c2c(c(O)c1C/C=C(\C)CCC(=O)NCCc1ccco1)C(=O)OC2. The number of rotatable bonds is 9. The summed E-state index contributed by atoms with van der Waals surface area (Å²) in [5.74, 6) is 0.778. The number of fused-ring (bicyclic) bond motifs is 1. The molecule has 7 heteroatoms. The standard InChI is InChI=1S/C23H27NO6/c1-14(7-9-19(25)24-11-10-16-5-4-12-29-16)6-8-17-21(26)20-18(13-30-23(20)27)15(2)22(17)28-3/h4-6,12,26H,7-11,13H2,1-3H3,(H,24,25)/b14-6+. The topological polar surface area (TPSA) is 98.0 Å². The van der Waals surface area contributed by atoms with Crippen molar-refractivity contribution in [2.24, 2.45) is 0 Å². The number of cyclic esters (lactones) is 1. The fraction of sp³-hybridized carbons (Fsp3) is 0.391. The van der Waals surface area contributed by atoms with Crippen molar-refractivity contribution in [1.29, 1.82) is 0 Å². The van der Waals surface area contributed by atoms with Gasteiger partial charge in [-0.15, -0.1) is 0 Å². The zero-order chi connectivity index (χ0) is 21.7. The molecule has 0 bridgehead atoms. The van der Waals surface area contributed by atoms with E-state index in [1.165, 1.54) is 0 Å². The first-order valence-corrected chi connectivity index (χ1v) is 9.95. The van der Waals surface area contributed by atoms with Gasteiger partial charge in [0.2, 0.25) is 5.91 Å². The third-order valence-electron chi connectivity index (χ3n) is 5.32. The summed E-state index contributed by atoms with van der Waals surface area (Å²) in [6, 6.07) is 3.70. The second kappa shape index (κ2) is 9.52. The average Bonchev–Trinajstić information content (AvgIpc) is 3.38. The van der Waals surface area contributed by atoms with E-state index in [9.17, 15) is 14.7 Å². The van der Waals surface area contributed by atoms with E-state index in [-0.39, 0.29) is 23.8 Å². The van der Waals surface area contributed by atoms with Gasteiger partial charge in [0.05, 0.1) is 13.4 Å². The highest BCUT2D eigenvalue weighted by atomic mass is 16.5. The Kier molecular flexibility index (Phi) is 6.82. The molecule has 2 heterocycles. The summed E-state index contributed by atoms with van der Waals surface area (Å²) in [5.41, 5.74) is 3.26. The number of carbonyl (C=O) groups is 2. The minimum atomic E-state index is -0.513. The molecular weight excluding hydrogens is 386 g/mol. The molecule has 1 amide bonds. The maximum absolute atomic E-state index is 12.0. The summed E-state index contributed by atoms with van der Waals surface area (Å²) < 4.78 is 15.8. The third kappa shape index (κ3) is 4.67. The summed E-state index contributed by atoms with van der Waals surface area (Å²) >= 11 is 0. The van der Waals surface area contributed by atoms with Gasteiger partial charge in [-0.05, 0) is 44.4 Å². The van der Waals surface area contributed by atoms with Gasteiger partial charge in [0, 0.05) is 30.5 Å². The Balaban J connectivity index is 1.58. The van der Waals surface area contributed by atoms with Crippen molar-refractivity contribution in [2.75, 3.05) is 13.7 Å². The van der Waals surface area contributed by atoms with Gasteiger partial charge >= 0.3 is 5.97 Å². The number of allylic oxidation sites excluding steroid dienone is 2. The average molecular weight is 413 g/mol. The fourth-order valence-electron chi connectivity index (χ4n) is 3.59. The Hall–Kier alpha value is -3.22. The van der Waals surface area contributed by atoms with Gasteiger partial charge in [-0.3, -0.25) is 4.79 Å². The first-order valence-electron chi connectivity index (χ1n) is 9.95. The molecule has 0 aliphatic carbocycles. The van der Waals surface area contributed by atoms with Crippen molar-refractivity contribution in [1.82, 2.24) is 5.32 Å². The van der Waals surface area contributed by atoms with Crippen molar-refractivity contribution in [3.63, 3.8) is 0 Å². The van der Waals surface area contributed by atoms with Crippen LogP contribution in [0.5, 0.6) is 11.5 Å². The van der Waals surface area contributed by atoms with Crippen LogP contribution in [0.15, 0.2) is 34.5 Å². The number of aromatic hydroxyl groups is 1. The molecule has 0 atom stereocenters. The van der Waals surface area contributed by atoms with Gasteiger partial charge in [-0.25, -0.2) is 4.79 Å². The lowest BCUT2D eigenvalue weighted by Gasteiger charge is -2.15. The highest BCUT2D eigenvalue weighted by Crippen LogP contribution is 2.42. The highest BCUT2D eigenvalue weighted by Gasteiger charge is 2.31. The largest absolute Gasteiger partial charge is 0.507 e.